The summed E-state index contributed by atoms with van der Waals surface area (Å²) in [5.74, 6) is 0.749. The quantitative estimate of drug-likeness (QED) is 0.878. The highest BCUT2D eigenvalue weighted by Crippen LogP contribution is 2.44. The maximum atomic E-state index is 11.5. The van der Waals surface area contributed by atoms with Crippen molar-refractivity contribution in [3.8, 4) is 0 Å². The van der Waals surface area contributed by atoms with E-state index in [1.54, 1.807) is 13.8 Å². The van der Waals surface area contributed by atoms with Crippen molar-refractivity contribution in [3.05, 3.63) is 29.6 Å². The number of nitrogens with zero attached hydrogens (tertiary/aromatic N) is 2. The van der Waals surface area contributed by atoms with E-state index in [1.807, 2.05) is 36.6 Å². The van der Waals surface area contributed by atoms with Gasteiger partial charge in [-0.2, -0.15) is 0 Å². The first-order chi connectivity index (χ1) is 8.60. The average Bonchev–Trinajstić information content (AvgIpc) is 2.49. The van der Waals surface area contributed by atoms with Gasteiger partial charge in [0.25, 0.3) is 0 Å². The van der Waals surface area contributed by atoms with Crippen molar-refractivity contribution < 1.29 is 14.0 Å². The summed E-state index contributed by atoms with van der Waals surface area (Å²) in [6.45, 7) is 8.57. The van der Waals surface area contributed by atoms with Crippen LogP contribution >= 0.6 is 7.60 Å². The summed E-state index contributed by atoms with van der Waals surface area (Å²) < 4.78 is 18.7. The number of aryl methyl sites for hydroxylation is 2. The van der Waals surface area contributed by atoms with Crippen LogP contribution in [0.3, 0.4) is 0 Å². The van der Waals surface area contributed by atoms with E-state index < -0.39 is 13.3 Å². The van der Waals surface area contributed by atoms with Gasteiger partial charge in [-0.3, -0.25) is 13.7 Å². The molecule has 0 saturated heterocycles. The third-order valence-electron chi connectivity index (χ3n) is 2.91. The molecular formula is C13H19N2O3P. The van der Waals surface area contributed by atoms with Gasteiger partial charge in [-0.15, -0.1) is 0 Å². The third-order valence-corrected chi connectivity index (χ3v) is 3.69. The van der Waals surface area contributed by atoms with Gasteiger partial charge in [-0.25, -0.2) is 4.98 Å². The number of hydrogen-bond acceptors (Lipinski definition) is 3. The summed E-state index contributed by atoms with van der Waals surface area (Å²) in [7, 11) is -3.58. The van der Waals surface area contributed by atoms with Crippen molar-refractivity contribution in [2.45, 2.75) is 33.4 Å². The average molecular weight is 282 g/mol. The van der Waals surface area contributed by atoms with E-state index in [2.05, 4.69) is 4.98 Å². The zero-order chi connectivity index (χ0) is 14.4. The van der Waals surface area contributed by atoms with E-state index in [1.165, 1.54) is 6.66 Å². The highest BCUT2D eigenvalue weighted by atomic mass is 31.2. The first kappa shape index (κ1) is 14.3. The Morgan fingerprint density at radius 1 is 1.37 bits per heavy atom. The lowest BCUT2D eigenvalue weighted by atomic mass is 10.2. The Hall–Kier alpha value is -1.16. The van der Waals surface area contributed by atoms with Gasteiger partial charge >= 0.3 is 7.60 Å². The van der Waals surface area contributed by atoms with Crippen LogP contribution in [0.15, 0.2) is 18.2 Å². The smallest absolute Gasteiger partial charge is 0.324 e. The molecule has 0 aliphatic rings. The molecule has 5 nitrogen and oxygen atoms in total. The minimum absolute atomic E-state index is 0.749. The molecule has 2 aromatic rings. The van der Waals surface area contributed by atoms with Gasteiger partial charge < -0.3 is 4.89 Å². The van der Waals surface area contributed by atoms with E-state index in [9.17, 15) is 9.46 Å². The fraction of sp³-hybridized carbons (Fsp3) is 0.462. The van der Waals surface area contributed by atoms with Crippen LogP contribution < -0.4 is 0 Å². The second-order valence-corrected chi connectivity index (χ2v) is 7.12. The molecule has 1 unspecified atom stereocenters. The van der Waals surface area contributed by atoms with Crippen molar-refractivity contribution >= 4 is 18.6 Å². The zero-order valence-electron chi connectivity index (χ0n) is 11.8. The van der Waals surface area contributed by atoms with E-state index in [0.29, 0.717) is 0 Å². The van der Waals surface area contributed by atoms with Crippen LogP contribution in [0.4, 0.5) is 0 Å². The van der Waals surface area contributed by atoms with E-state index in [-0.39, 0.29) is 0 Å². The molecule has 0 fully saturated rings. The molecule has 1 N–H and O–H groups in total. The molecule has 6 heteroatoms. The van der Waals surface area contributed by atoms with Crippen LogP contribution in [0, 0.1) is 13.8 Å². The zero-order valence-corrected chi connectivity index (χ0v) is 12.7. The second-order valence-electron chi connectivity index (χ2n) is 5.33. The predicted molar refractivity (Wildman–Crippen MR) is 75.4 cm³/mol. The lowest BCUT2D eigenvalue weighted by Crippen LogP contribution is -2.29. The van der Waals surface area contributed by atoms with E-state index in [4.69, 9.17) is 4.52 Å². The molecule has 19 heavy (non-hydrogen) atoms. The lowest BCUT2D eigenvalue weighted by Gasteiger charge is -2.29. The monoisotopic (exact) mass is 282 g/mol. The predicted octanol–water partition coefficient (Wildman–Crippen LogP) is 3.18. The Labute approximate surface area is 112 Å². The lowest BCUT2D eigenvalue weighted by molar-refractivity contribution is 0.0232. The number of hydrogen-bond donors (Lipinski definition) is 1. The molecule has 0 radical (unpaired) electrons. The van der Waals surface area contributed by atoms with Crippen LogP contribution in [0.25, 0.3) is 11.0 Å². The number of fused-ring (bicyclic) bond motifs is 1. The molecule has 1 aromatic carbocycles. The van der Waals surface area contributed by atoms with Gasteiger partial charge in [-0.05, 0) is 45.4 Å². The molecular weight excluding hydrogens is 263 g/mol. The molecule has 0 aliphatic carbocycles. The number of imidazole rings is 1. The van der Waals surface area contributed by atoms with Gasteiger partial charge in [0.1, 0.15) is 11.5 Å². The SMILES string of the molecule is Cc1ccc2c(c1)nc(C)n2C(C)(C)OP(C)(=O)O. The summed E-state index contributed by atoms with van der Waals surface area (Å²) >= 11 is 0. The van der Waals surface area contributed by atoms with Crippen molar-refractivity contribution in [2.75, 3.05) is 6.66 Å². The standard InChI is InChI=1S/C13H19N2O3P/c1-9-6-7-12-11(8-9)14-10(2)15(12)13(3,4)18-19(5,16)17/h6-8H,1-5H3,(H,16,17). The summed E-state index contributed by atoms with van der Waals surface area (Å²) in [6, 6.07) is 5.92. The summed E-state index contributed by atoms with van der Waals surface area (Å²) in [5.41, 5.74) is 1.94. The van der Waals surface area contributed by atoms with Gasteiger partial charge in [-0.1, -0.05) is 6.07 Å². The van der Waals surface area contributed by atoms with Crippen LogP contribution in [0.2, 0.25) is 0 Å². The minimum atomic E-state index is -3.58. The summed E-state index contributed by atoms with van der Waals surface area (Å²) in [5, 5.41) is 0. The van der Waals surface area contributed by atoms with Crippen molar-refractivity contribution in [1.82, 2.24) is 9.55 Å². The van der Waals surface area contributed by atoms with Gasteiger partial charge in [0.15, 0.2) is 0 Å². The first-order valence-corrected chi connectivity index (χ1v) is 8.10. The maximum absolute atomic E-state index is 11.5. The molecule has 1 atom stereocenters. The Morgan fingerprint density at radius 2 is 2.00 bits per heavy atom. The third kappa shape index (κ3) is 2.89. The molecule has 1 aromatic heterocycles. The highest BCUT2D eigenvalue weighted by Gasteiger charge is 2.31. The highest BCUT2D eigenvalue weighted by molar-refractivity contribution is 7.51. The normalized spacial score (nSPS) is 15.7. The van der Waals surface area contributed by atoms with Crippen LogP contribution in [0.5, 0.6) is 0 Å². The van der Waals surface area contributed by atoms with Gasteiger partial charge in [0, 0.05) is 6.66 Å². The largest absolute Gasteiger partial charge is 0.327 e. The van der Waals surface area contributed by atoms with Gasteiger partial charge in [0.05, 0.1) is 11.0 Å². The van der Waals surface area contributed by atoms with E-state index >= 15 is 0 Å². The molecule has 1 heterocycles. The molecule has 104 valence electrons. The van der Waals surface area contributed by atoms with E-state index in [0.717, 1.165) is 22.4 Å². The fourth-order valence-electron chi connectivity index (χ4n) is 2.45. The summed E-state index contributed by atoms with van der Waals surface area (Å²) in [4.78, 5) is 13.9. The summed E-state index contributed by atoms with van der Waals surface area (Å²) in [6.07, 6.45) is 0. The Kier molecular flexibility index (Phi) is 3.33. The molecule has 0 saturated carbocycles. The topological polar surface area (TPSA) is 64.4 Å². The maximum Gasteiger partial charge on any atom is 0.327 e. The number of rotatable bonds is 3. The Bertz CT molecular complexity index is 670. The van der Waals surface area contributed by atoms with Crippen LogP contribution in [-0.4, -0.2) is 21.1 Å². The molecule has 0 amide bonds. The Balaban J connectivity index is 2.61. The van der Waals surface area contributed by atoms with Crippen LogP contribution in [-0.2, 0) is 14.8 Å². The molecule has 0 aliphatic heterocycles. The molecule has 0 spiro atoms. The number of benzene rings is 1. The molecule has 0 bridgehead atoms. The van der Waals surface area contributed by atoms with Crippen LogP contribution in [0.1, 0.15) is 25.2 Å². The first-order valence-electron chi connectivity index (χ1n) is 6.07. The van der Waals surface area contributed by atoms with Crippen molar-refractivity contribution in [1.29, 1.82) is 0 Å². The molecule has 2 rings (SSSR count). The van der Waals surface area contributed by atoms with Gasteiger partial charge in [0.2, 0.25) is 0 Å². The van der Waals surface area contributed by atoms with Crippen molar-refractivity contribution in [2.24, 2.45) is 0 Å². The second kappa shape index (κ2) is 4.44. The Morgan fingerprint density at radius 3 is 2.58 bits per heavy atom. The fourth-order valence-corrected chi connectivity index (χ4v) is 3.36. The van der Waals surface area contributed by atoms with Crippen molar-refractivity contribution in [3.63, 3.8) is 0 Å². The minimum Gasteiger partial charge on any atom is -0.324 e. The number of aromatic nitrogens is 2.